The Kier molecular flexibility index (Phi) is 4.37. The molecule has 2 aromatic rings. The summed E-state index contributed by atoms with van der Waals surface area (Å²) in [6, 6.07) is 14.3. The van der Waals surface area contributed by atoms with Gasteiger partial charge in [-0.15, -0.1) is 0 Å². The molecule has 0 unspecified atom stereocenters. The minimum atomic E-state index is -0.294. The van der Waals surface area contributed by atoms with Gasteiger partial charge in [0.2, 0.25) is 0 Å². The van der Waals surface area contributed by atoms with Crippen molar-refractivity contribution in [2.45, 2.75) is 13.3 Å². The molecule has 20 heavy (non-hydrogen) atoms. The maximum atomic E-state index is 12.2. The number of benzene rings is 2. The summed E-state index contributed by atoms with van der Waals surface area (Å²) in [4.78, 5) is 14.9. The Hall–Kier alpha value is -2.78. The van der Waals surface area contributed by atoms with Crippen molar-refractivity contribution in [2.75, 3.05) is 5.32 Å². The van der Waals surface area contributed by atoms with Gasteiger partial charge in [-0.25, -0.2) is 0 Å². The topological polar surface area (TPSA) is 77.9 Å². The van der Waals surface area contributed by atoms with Crippen molar-refractivity contribution in [1.29, 1.82) is 0 Å². The zero-order valence-electron chi connectivity index (χ0n) is 11.1. The van der Waals surface area contributed by atoms with Crippen LogP contribution in [0.1, 0.15) is 22.8 Å². The lowest BCUT2D eigenvalue weighted by atomic mass is 10.1. The zero-order chi connectivity index (χ0) is 14.4. The summed E-state index contributed by atoms with van der Waals surface area (Å²) in [6.07, 6.45) is 0.952. The summed E-state index contributed by atoms with van der Waals surface area (Å²) in [5.74, 6) is -0.294. The van der Waals surface area contributed by atoms with Gasteiger partial charge in [-0.2, -0.15) is 0 Å². The first kappa shape index (κ1) is 13.6. The van der Waals surface area contributed by atoms with Crippen LogP contribution in [0.15, 0.2) is 53.6 Å². The van der Waals surface area contributed by atoms with E-state index in [1.165, 1.54) is 5.56 Å². The van der Waals surface area contributed by atoms with Gasteiger partial charge in [0.25, 0.3) is 5.91 Å². The molecule has 0 radical (unpaired) electrons. The highest BCUT2D eigenvalue weighted by Crippen LogP contribution is 2.20. The molecule has 0 aliphatic heterocycles. The minimum Gasteiger partial charge on any atom is -0.322 e. The van der Waals surface area contributed by atoms with Gasteiger partial charge in [0.1, 0.15) is 0 Å². The van der Waals surface area contributed by atoms with Crippen LogP contribution < -0.4 is 5.32 Å². The SMILES string of the molecule is CCc1ccc(NC(=O)c2ccccc2N=[N+]=[N-])cc1. The Bertz CT molecular complexity index is 658. The van der Waals surface area contributed by atoms with Crippen LogP contribution in [0.4, 0.5) is 11.4 Å². The number of nitrogens with one attached hydrogen (secondary N) is 1. The number of carbonyl (C=O) groups excluding carboxylic acids is 1. The van der Waals surface area contributed by atoms with E-state index in [0.717, 1.165) is 6.42 Å². The van der Waals surface area contributed by atoms with Crippen LogP contribution in [0.2, 0.25) is 0 Å². The van der Waals surface area contributed by atoms with E-state index in [0.29, 0.717) is 16.9 Å². The molecule has 0 fully saturated rings. The van der Waals surface area contributed by atoms with E-state index in [1.54, 1.807) is 24.3 Å². The molecule has 5 nitrogen and oxygen atoms in total. The summed E-state index contributed by atoms with van der Waals surface area (Å²) in [5.41, 5.74) is 11.1. The van der Waals surface area contributed by atoms with Gasteiger partial charge < -0.3 is 5.32 Å². The van der Waals surface area contributed by atoms with E-state index in [9.17, 15) is 4.79 Å². The molecule has 0 saturated heterocycles. The van der Waals surface area contributed by atoms with Crippen LogP contribution in [0.25, 0.3) is 10.4 Å². The van der Waals surface area contributed by atoms with Crippen molar-refractivity contribution < 1.29 is 4.79 Å². The van der Waals surface area contributed by atoms with Crippen LogP contribution in [0, 0.1) is 0 Å². The number of nitrogens with zero attached hydrogens (tertiary/aromatic N) is 3. The van der Waals surface area contributed by atoms with E-state index in [2.05, 4.69) is 22.3 Å². The standard InChI is InChI=1S/C15H14N4O/c1-2-11-7-9-12(10-8-11)17-15(20)13-5-3-4-6-14(13)18-19-16/h3-10H,2H2,1H3,(H,17,20). The average Bonchev–Trinajstić information content (AvgIpc) is 2.49. The number of rotatable bonds is 4. The smallest absolute Gasteiger partial charge is 0.256 e. The number of aryl methyl sites for hydroxylation is 1. The fourth-order valence-electron chi connectivity index (χ4n) is 1.82. The van der Waals surface area contributed by atoms with Crippen LogP contribution in [-0.2, 0) is 6.42 Å². The van der Waals surface area contributed by atoms with E-state index in [1.807, 2.05) is 24.3 Å². The predicted molar refractivity (Wildman–Crippen MR) is 79.0 cm³/mol. The van der Waals surface area contributed by atoms with Crippen molar-refractivity contribution in [3.8, 4) is 0 Å². The first-order valence-corrected chi connectivity index (χ1v) is 6.29. The third-order valence-corrected chi connectivity index (χ3v) is 2.92. The second kappa shape index (κ2) is 6.41. The fourth-order valence-corrected chi connectivity index (χ4v) is 1.82. The molecule has 0 bridgehead atoms. The second-order valence-electron chi connectivity index (χ2n) is 4.21. The maximum Gasteiger partial charge on any atom is 0.256 e. The van der Waals surface area contributed by atoms with E-state index in [4.69, 9.17) is 5.53 Å². The molecule has 1 amide bonds. The van der Waals surface area contributed by atoms with Gasteiger partial charge in [0.15, 0.2) is 0 Å². The summed E-state index contributed by atoms with van der Waals surface area (Å²) >= 11 is 0. The monoisotopic (exact) mass is 266 g/mol. The highest BCUT2D eigenvalue weighted by Gasteiger charge is 2.09. The van der Waals surface area contributed by atoms with Gasteiger partial charge >= 0.3 is 0 Å². The van der Waals surface area contributed by atoms with Gasteiger partial charge in [-0.05, 0) is 35.7 Å². The summed E-state index contributed by atoms with van der Waals surface area (Å²) in [6.45, 7) is 2.07. The fraction of sp³-hybridized carbons (Fsp3) is 0.133. The molecule has 2 aromatic carbocycles. The Balaban J connectivity index is 2.21. The number of anilines is 1. The lowest BCUT2D eigenvalue weighted by Crippen LogP contribution is -2.11. The predicted octanol–water partition coefficient (Wildman–Crippen LogP) is 4.44. The first-order chi connectivity index (χ1) is 9.74. The normalized spacial score (nSPS) is 9.65. The Morgan fingerprint density at radius 1 is 1.20 bits per heavy atom. The van der Waals surface area contributed by atoms with Crippen LogP contribution in [-0.4, -0.2) is 5.91 Å². The molecule has 1 N–H and O–H groups in total. The second-order valence-corrected chi connectivity index (χ2v) is 4.21. The third-order valence-electron chi connectivity index (χ3n) is 2.92. The van der Waals surface area contributed by atoms with Crippen molar-refractivity contribution in [2.24, 2.45) is 5.11 Å². The van der Waals surface area contributed by atoms with Crippen molar-refractivity contribution in [3.63, 3.8) is 0 Å². The molecular formula is C15H14N4O. The quantitative estimate of drug-likeness (QED) is 0.495. The largest absolute Gasteiger partial charge is 0.322 e. The zero-order valence-corrected chi connectivity index (χ0v) is 11.1. The van der Waals surface area contributed by atoms with Crippen molar-refractivity contribution in [1.82, 2.24) is 0 Å². The number of amides is 1. The molecule has 0 atom stereocenters. The van der Waals surface area contributed by atoms with Gasteiger partial charge in [0.05, 0.1) is 5.69 Å². The number of hydrogen-bond acceptors (Lipinski definition) is 2. The highest BCUT2D eigenvalue weighted by molar-refractivity contribution is 6.07. The van der Waals surface area contributed by atoms with Crippen molar-refractivity contribution >= 4 is 17.3 Å². The average molecular weight is 266 g/mol. The molecule has 0 aliphatic rings. The summed E-state index contributed by atoms with van der Waals surface area (Å²) in [7, 11) is 0. The molecule has 100 valence electrons. The summed E-state index contributed by atoms with van der Waals surface area (Å²) < 4.78 is 0. The molecule has 0 spiro atoms. The molecule has 0 aliphatic carbocycles. The highest BCUT2D eigenvalue weighted by atomic mass is 16.1. The van der Waals surface area contributed by atoms with Gasteiger partial charge in [0, 0.05) is 16.2 Å². The van der Waals surface area contributed by atoms with Crippen molar-refractivity contribution in [3.05, 3.63) is 70.1 Å². The van der Waals surface area contributed by atoms with E-state index in [-0.39, 0.29) is 5.91 Å². The summed E-state index contributed by atoms with van der Waals surface area (Å²) in [5, 5.41) is 6.30. The van der Waals surface area contributed by atoms with E-state index >= 15 is 0 Å². The van der Waals surface area contributed by atoms with Crippen LogP contribution in [0.3, 0.4) is 0 Å². The molecule has 2 rings (SSSR count). The van der Waals surface area contributed by atoms with Crippen LogP contribution >= 0.6 is 0 Å². The number of carbonyl (C=O) groups is 1. The lowest BCUT2D eigenvalue weighted by Gasteiger charge is -2.07. The van der Waals surface area contributed by atoms with Gasteiger partial charge in [-0.3, -0.25) is 4.79 Å². The Labute approximate surface area is 116 Å². The van der Waals surface area contributed by atoms with Gasteiger partial charge in [-0.1, -0.05) is 42.4 Å². The number of hydrogen-bond donors (Lipinski definition) is 1. The molecule has 5 heteroatoms. The maximum absolute atomic E-state index is 12.2. The molecule has 0 aromatic heterocycles. The third kappa shape index (κ3) is 3.16. The first-order valence-electron chi connectivity index (χ1n) is 6.29. The Morgan fingerprint density at radius 3 is 2.55 bits per heavy atom. The molecular weight excluding hydrogens is 252 g/mol. The number of azide groups is 1. The molecule has 0 saturated carbocycles. The molecule has 0 heterocycles. The van der Waals surface area contributed by atoms with E-state index < -0.39 is 0 Å². The Morgan fingerprint density at radius 2 is 1.90 bits per heavy atom. The lowest BCUT2D eigenvalue weighted by molar-refractivity contribution is 0.102. The van der Waals surface area contributed by atoms with Crippen LogP contribution in [0.5, 0.6) is 0 Å². The minimum absolute atomic E-state index is 0.294.